The third-order valence-corrected chi connectivity index (χ3v) is 2.73. The lowest BCUT2D eigenvalue weighted by Gasteiger charge is -2.13. The molecule has 0 saturated heterocycles. The number of nitrogens with one attached hydrogen (secondary N) is 2. The predicted octanol–water partition coefficient (Wildman–Crippen LogP) is 2.69. The van der Waals surface area contributed by atoms with Crippen molar-refractivity contribution in [2.45, 2.75) is 6.18 Å². The van der Waals surface area contributed by atoms with E-state index in [0.29, 0.717) is 6.07 Å². The summed E-state index contributed by atoms with van der Waals surface area (Å²) >= 11 is 5.52. The quantitative estimate of drug-likeness (QED) is 0.894. The number of alkyl halides is 3. The minimum Gasteiger partial charge on any atom is -0.321 e. The summed E-state index contributed by atoms with van der Waals surface area (Å²) in [7, 11) is 0. The summed E-state index contributed by atoms with van der Waals surface area (Å²) in [6.45, 7) is 0. The smallest absolute Gasteiger partial charge is 0.321 e. The van der Waals surface area contributed by atoms with E-state index in [-0.39, 0.29) is 5.02 Å². The average molecular weight is 318 g/mol. The second-order valence-corrected chi connectivity index (χ2v) is 4.37. The summed E-state index contributed by atoms with van der Waals surface area (Å²) in [5, 5.41) is 1.90. The van der Waals surface area contributed by atoms with E-state index in [9.17, 15) is 22.8 Å². The lowest BCUT2D eigenvalue weighted by atomic mass is 10.1. The molecular weight excluding hydrogens is 311 g/mol. The van der Waals surface area contributed by atoms with Gasteiger partial charge < -0.3 is 10.3 Å². The van der Waals surface area contributed by atoms with Crippen LogP contribution in [-0.4, -0.2) is 15.9 Å². The number of nitrogens with zero attached hydrogens (tertiary/aromatic N) is 1. The van der Waals surface area contributed by atoms with E-state index in [1.807, 2.05) is 5.32 Å². The van der Waals surface area contributed by atoms with Crippen LogP contribution in [0.1, 0.15) is 15.9 Å². The Morgan fingerprint density at radius 2 is 2.05 bits per heavy atom. The first-order chi connectivity index (χ1) is 9.79. The van der Waals surface area contributed by atoms with Gasteiger partial charge in [-0.1, -0.05) is 11.6 Å². The molecule has 9 heteroatoms. The Bertz CT molecular complexity index is 743. The maximum absolute atomic E-state index is 12.9. The molecule has 0 aliphatic rings. The van der Waals surface area contributed by atoms with Crippen LogP contribution in [0.25, 0.3) is 0 Å². The Morgan fingerprint density at radius 1 is 1.33 bits per heavy atom. The van der Waals surface area contributed by atoms with E-state index >= 15 is 0 Å². The number of H-pyrrole nitrogens is 1. The molecule has 2 aromatic rings. The molecule has 1 aromatic carbocycles. The fourth-order valence-corrected chi connectivity index (χ4v) is 1.73. The number of benzene rings is 1. The highest BCUT2D eigenvalue weighted by Crippen LogP contribution is 2.36. The first-order valence-corrected chi connectivity index (χ1v) is 5.87. The Balaban J connectivity index is 2.39. The van der Waals surface area contributed by atoms with Crippen molar-refractivity contribution < 1.29 is 18.0 Å². The molecule has 0 bridgehead atoms. The van der Waals surface area contributed by atoms with Gasteiger partial charge in [-0.3, -0.25) is 9.59 Å². The van der Waals surface area contributed by atoms with Gasteiger partial charge in [-0.05, 0) is 18.2 Å². The van der Waals surface area contributed by atoms with E-state index in [1.165, 1.54) is 6.07 Å². The Labute approximate surface area is 120 Å². The van der Waals surface area contributed by atoms with Crippen molar-refractivity contribution in [3.8, 4) is 0 Å². The molecule has 0 spiro atoms. The Morgan fingerprint density at radius 3 is 2.67 bits per heavy atom. The fraction of sp³-hybridized carbons (Fsp3) is 0.0833. The van der Waals surface area contributed by atoms with E-state index in [4.69, 9.17) is 11.6 Å². The van der Waals surface area contributed by atoms with E-state index in [1.54, 1.807) is 0 Å². The normalized spacial score (nSPS) is 11.2. The van der Waals surface area contributed by atoms with Gasteiger partial charge in [0.05, 0.1) is 17.6 Å². The highest BCUT2D eigenvalue weighted by molar-refractivity contribution is 6.30. The molecule has 2 rings (SSSR count). The van der Waals surface area contributed by atoms with Crippen LogP contribution in [0.5, 0.6) is 0 Å². The average Bonchev–Trinajstić information content (AvgIpc) is 2.40. The number of rotatable bonds is 2. The number of aromatic amines is 1. The lowest BCUT2D eigenvalue weighted by Crippen LogP contribution is -2.24. The van der Waals surface area contributed by atoms with Gasteiger partial charge in [0.1, 0.15) is 5.56 Å². The molecular formula is C12H7ClF3N3O2. The third-order valence-electron chi connectivity index (χ3n) is 2.50. The van der Waals surface area contributed by atoms with Crippen LogP contribution in [0.2, 0.25) is 5.02 Å². The first-order valence-electron chi connectivity index (χ1n) is 5.50. The highest BCUT2D eigenvalue weighted by atomic mass is 35.5. The zero-order valence-corrected chi connectivity index (χ0v) is 10.9. The molecule has 0 fully saturated rings. The fourth-order valence-electron chi connectivity index (χ4n) is 1.56. The molecule has 110 valence electrons. The standard InChI is InChI=1S/C12H7ClF3N3O2/c13-6-1-2-9(8(3-6)12(14,15)16)19-11(21)7-4-17-5-18-10(7)20/h1-5H,(H,19,21)(H,17,18,20). The minimum atomic E-state index is -4.70. The van der Waals surface area contributed by atoms with Crippen molar-refractivity contribution >= 4 is 23.2 Å². The highest BCUT2D eigenvalue weighted by Gasteiger charge is 2.34. The molecule has 1 aromatic heterocycles. The summed E-state index contributed by atoms with van der Waals surface area (Å²) in [5.41, 5.74) is -2.77. The minimum absolute atomic E-state index is 0.125. The van der Waals surface area contributed by atoms with Crippen molar-refractivity contribution in [1.82, 2.24) is 9.97 Å². The van der Waals surface area contributed by atoms with Crippen molar-refractivity contribution in [2.75, 3.05) is 5.32 Å². The number of aromatic nitrogens is 2. The van der Waals surface area contributed by atoms with Gasteiger partial charge in [-0.25, -0.2) is 4.98 Å². The Hall–Kier alpha value is -2.35. The SMILES string of the molecule is O=C(Nc1ccc(Cl)cc1C(F)(F)F)c1cnc[nH]c1=O. The van der Waals surface area contributed by atoms with Crippen LogP contribution in [0.4, 0.5) is 18.9 Å². The van der Waals surface area contributed by atoms with E-state index in [2.05, 4.69) is 9.97 Å². The topological polar surface area (TPSA) is 74.8 Å². The zero-order valence-electron chi connectivity index (χ0n) is 10.2. The largest absolute Gasteiger partial charge is 0.418 e. The lowest BCUT2D eigenvalue weighted by molar-refractivity contribution is -0.136. The van der Waals surface area contributed by atoms with Gasteiger partial charge in [-0.2, -0.15) is 13.2 Å². The van der Waals surface area contributed by atoms with Gasteiger partial charge >= 0.3 is 6.18 Å². The number of halogens is 4. The van der Waals surface area contributed by atoms with Crippen LogP contribution >= 0.6 is 11.6 Å². The van der Waals surface area contributed by atoms with E-state index < -0.39 is 34.5 Å². The molecule has 1 heterocycles. The molecule has 0 atom stereocenters. The van der Waals surface area contributed by atoms with Gasteiger partial charge in [0, 0.05) is 11.2 Å². The number of anilines is 1. The molecule has 21 heavy (non-hydrogen) atoms. The summed E-state index contributed by atoms with van der Waals surface area (Å²) in [4.78, 5) is 28.9. The van der Waals surface area contributed by atoms with Gasteiger partial charge in [0.15, 0.2) is 0 Å². The van der Waals surface area contributed by atoms with E-state index in [0.717, 1.165) is 18.6 Å². The van der Waals surface area contributed by atoms with Crippen LogP contribution in [-0.2, 0) is 6.18 Å². The van der Waals surface area contributed by atoms with Gasteiger partial charge in [0.25, 0.3) is 11.5 Å². The van der Waals surface area contributed by atoms with Crippen molar-refractivity contribution in [3.63, 3.8) is 0 Å². The molecule has 0 aliphatic heterocycles. The third kappa shape index (κ3) is 3.40. The number of hydrogen-bond acceptors (Lipinski definition) is 3. The maximum Gasteiger partial charge on any atom is 0.418 e. The summed E-state index contributed by atoms with van der Waals surface area (Å²) < 4.78 is 38.6. The van der Waals surface area contributed by atoms with Crippen LogP contribution in [0.15, 0.2) is 35.5 Å². The summed E-state index contributed by atoms with van der Waals surface area (Å²) in [6, 6.07) is 2.89. The summed E-state index contributed by atoms with van der Waals surface area (Å²) in [6.07, 6.45) is -2.69. The molecule has 0 radical (unpaired) electrons. The molecule has 5 nitrogen and oxygen atoms in total. The summed E-state index contributed by atoms with van der Waals surface area (Å²) in [5.74, 6) is -1.00. The van der Waals surface area contributed by atoms with Crippen molar-refractivity contribution in [2.24, 2.45) is 0 Å². The second kappa shape index (κ2) is 5.57. The number of carbonyl (C=O) groups is 1. The number of hydrogen-bond donors (Lipinski definition) is 2. The number of amides is 1. The zero-order chi connectivity index (χ0) is 15.6. The first kappa shape index (κ1) is 15.0. The predicted molar refractivity (Wildman–Crippen MR) is 69.3 cm³/mol. The van der Waals surface area contributed by atoms with Gasteiger partial charge in [0.2, 0.25) is 0 Å². The Kier molecular flexibility index (Phi) is 3.99. The number of carbonyl (C=O) groups excluding carboxylic acids is 1. The maximum atomic E-state index is 12.9. The van der Waals surface area contributed by atoms with Crippen LogP contribution in [0.3, 0.4) is 0 Å². The molecule has 2 N–H and O–H groups in total. The monoisotopic (exact) mass is 317 g/mol. The van der Waals surface area contributed by atoms with Crippen molar-refractivity contribution in [3.05, 3.63) is 57.2 Å². The molecule has 1 amide bonds. The molecule has 0 aliphatic carbocycles. The van der Waals surface area contributed by atoms with Crippen LogP contribution in [0, 0.1) is 0 Å². The van der Waals surface area contributed by atoms with Crippen molar-refractivity contribution in [1.29, 1.82) is 0 Å². The van der Waals surface area contributed by atoms with Gasteiger partial charge in [-0.15, -0.1) is 0 Å². The molecule has 0 saturated carbocycles. The van der Waals surface area contributed by atoms with Crippen LogP contribution < -0.4 is 10.9 Å². The second-order valence-electron chi connectivity index (χ2n) is 3.94. The molecule has 0 unspecified atom stereocenters.